The molecule has 2 heterocycles. The molecule has 1 spiro atoms. The second kappa shape index (κ2) is 5.66. The van der Waals surface area contributed by atoms with Crippen molar-refractivity contribution in [3.05, 3.63) is 29.3 Å². The number of nitrogen functional groups attached to an aromatic ring is 1. The van der Waals surface area contributed by atoms with Gasteiger partial charge in [-0.05, 0) is 18.6 Å². The smallest absolute Gasteiger partial charge is 0.340 e. The van der Waals surface area contributed by atoms with Crippen molar-refractivity contribution in [3.63, 3.8) is 0 Å². The molecule has 3 rings (SSSR count). The predicted octanol–water partition coefficient (Wildman–Crippen LogP) is 2.07. The van der Waals surface area contributed by atoms with Crippen LogP contribution < -0.4 is 5.73 Å². The second-order valence-corrected chi connectivity index (χ2v) is 5.89. The van der Waals surface area contributed by atoms with E-state index in [2.05, 4.69) is 0 Å². The topological polar surface area (TPSA) is 70.8 Å². The minimum absolute atomic E-state index is 0.132. The maximum Gasteiger partial charge on any atom is 0.340 e. The van der Waals surface area contributed by atoms with Gasteiger partial charge in [-0.1, -0.05) is 12.1 Å². The molecule has 2 atom stereocenters. The third-order valence-corrected chi connectivity index (χ3v) is 4.30. The van der Waals surface area contributed by atoms with Crippen molar-refractivity contribution < 1.29 is 19.0 Å². The van der Waals surface area contributed by atoms with Crippen LogP contribution in [0.3, 0.4) is 0 Å². The van der Waals surface area contributed by atoms with E-state index >= 15 is 0 Å². The van der Waals surface area contributed by atoms with E-state index < -0.39 is 0 Å². The zero-order valence-corrected chi connectivity index (χ0v) is 12.3. The van der Waals surface area contributed by atoms with Crippen LogP contribution in [0.4, 0.5) is 5.69 Å². The number of carbonyl (C=O) groups excluding carboxylic acids is 1. The summed E-state index contributed by atoms with van der Waals surface area (Å²) in [5.74, 6) is -0.341. The van der Waals surface area contributed by atoms with Gasteiger partial charge < -0.3 is 19.9 Å². The number of benzene rings is 1. The van der Waals surface area contributed by atoms with Crippen molar-refractivity contribution in [1.82, 2.24) is 0 Å². The molecule has 2 aliphatic rings. The first-order chi connectivity index (χ1) is 10.1. The summed E-state index contributed by atoms with van der Waals surface area (Å²) in [6.07, 6.45) is 2.16. The number of ether oxygens (including phenoxy) is 3. The number of aryl methyl sites for hydroxylation is 1. The normalized spacial score (nSPS) is 28.7. The molecule has 1 aromatic rings. The minimum atomic E-state index is -0.341. The molecular formula is C16H21NO4. The lowest BCUT2D eigenvalue weighted by Crippen LogP contribution is -2.43. The maximum absolute atomic E-state index is 12.4. The first kappa shape index (κ1) is 14.4. The van der Waals surface area contributed by atoms with Crippen molar-refractivity contribution >= 4 is 11.7 Å². The molecule has 21 heavy (non-hydrogen) atoms. The number of hydrogen-bond donors (Lipinski definition) is 1. The average molecular weight is 291 g/mol. The quantitative estimate of drug-likeness (QED) is 0.667. The fraction of sp³-hybridized carbons (Fsp3) is 0.562. The monoisotopic (exact) mass is 291 g/mol. The highest BCUT2D eigenvalue weighted by Crippen LogP contribution is 2.34. The van der Waals surface area contributed by atoms with Crippen molar-refractivity contribution in [1.29, 1.82) is 0 Å². The van der Waals surface area contributed by atoms with Gasteiger partial charge in [0.2, 0.25) is 0 Å². The maximum atomic E-state index is 12.4. The van der Waals surface area contributed by atoms with Crippen LogP contribution in [-0.2, 0) is 14.2 Å². The van der Waals surface area contributed by atoms with Crippen molar-refractivity contribution in [2.24, 2.45) is 0 Å². The lowest BCUT2D eigenvalue weighted by molar-refractivity contribution is -0.120. The third kappa shape index (κ3) is 2.89. The van der Waals surface area contributed by atoms with Gasteiger partial charge in [0.15, 0.2) is 0 Å². The van der Waals surface area contributed by atoms with E-state index in [0.29, 0.717) is 37.5 Å². The number of hydrogen-bond acceptors (Lipinski definition) is 5. The number of carbonyl (C=O) groups is 1. The van der Waals surface area contributed by atoms with Crippen LogP contribution in [-0.4, -0.2) is 37.5 Å². The fourth-order valence-corrected chi connectivity index (χ4v) is 3.13. The Morgan fingerprint density at radius 1 is 1.43 bits per heavy atom. The molecule has 0 bridgehead atoms. The van der Waals surface area contributed by atoms with Crippen LogP contribution in [0.5, 0.6) is 0 Å². The highest BCUT2D eigenvalue weighted by molar-refractivity contribution is 5.96. The van der Waals surface area contributed by atoms with Gasteiger partial charge in [0, 0.05) is 31.6 Å². The van der Waals surface area contributed by atoms with Crippen LogP contribution in [0.25, 0.3) is 0 Å². The molecule has 0 amide bonds. The first-order valence-electron chi connectivity index (χ1n) is 7.37. The van der Waals surface area contributed by atoms with Gasteiger partial charge in [0.05, 0.1) is 24.4 Å². The molecule has 2 saturated heterocycles. The van der Waals surface area contributed by atoms with E-state index in [1.807, 2.05) is 19.1 Å². The predicted molar refractivity (Wildman–Crippen MR) is 78.1 cm³/mol. The van der Waals surface area contributed by atoms with Crippen LogP contribution in [0, 0.1) is 6.92 Å². The van der Waals surface area contributed by atoms with E-state index in [4.69, 9.17) is 19.9 Å². The summed E-state index contributed by atoms with van der Waals surface area (Å²) >= 11 is 0. The van der Waals surface area contributed by atoms with E-state index in [9.17, 15) is 4.79 Å². The van der Waals surface area contributed by atoms with Gasteiger partial charge in [-0.3, -0.25) is 0 Å². The minimum Gasteiger partial charge on any atom is -0.459 e. The van der Waals surface area contributed by atoms with Gasteiger partial charge in [0.1, 0.15) is 6.10 Å². The van der Waals surface area contributed by atoms with Crippen LogP contribution >= 0.6 is 0 Å². The summed E-state index contributed by atoms with van der Waals surface area (Å²) in [5, 5.41) is 0. The lowest BCUT2D eigenvalue weighted by atomic mass is 9.91. The number of esters is 1. The molecule has 1 aromatic carbocycles. The SMILES string of the molecule is Cc1cccc(N)c1C(=O)OC1CCOC2(CCOC2)C1. The number of nitrogens with two attached hydrogens (primary N) is 1. The van der Waals surface area contributed by atoms with E-state index in [0.717, 1.165) is 18.4 Å². The Morgan fingerprint density at radius 3 is 3.00 bits per heavy atom. The van der Waals surface area contributed by atoms with Gasteiger partial charge >= 0.3 is 5.97 Å². The van der Waals surface area contributed by atoms with E-state index in [1.54, 1.807) is 6.07 Å². The molecule has 2 fully saturated rings. The molecule has 114 valence electrons. The Hall–Kier alpha value is -1.59. The lowest BCUT2D eigenvalue weighted by Gasteiger charge is -2.36. The number of anilines is 1. The van der Waals surface area contributed by atoms with Gasteiger partial charge in [-0.25, -0.2) is 4.79 Å². The van der Waals surface area contributed by atoms with Gasteiger partial charge in [-0.15, -0.1) is 0 Å². The first-order valence-corrected chi connectivity index (χ1v) is 7.37. The average Bonchev–Trinajstić information content (AvgIpc) is 2.86. The summed E-state index contributed by atoms with van der Waals surface area (Å²) in [5.41, 5.74) is 7.41. The molecule has 5 nitrogen and oxygen atoms in total. The van der Waals surface area contributed by atoms with Crippen molar-refractivity contribution in [2.45, 2.75) is 37.9 Å². The summed E-state index contributed by atoms with van der Waals surface area (Å²) in [7, 11) is 0. The van der Waals surface area contributed by atoms with Crippen molar-refractivity contribution in [3.8, 4) is 0 Å². The third-order valence-electron chi connectivity index (χ3n) is 4.30. The van der Waals surface area contributed by atoms with Crippen LogP contribution in [0.2, 0.25) is 0 Å². The molecule has 0 aliphatic carbocycles. The zero-order valence-electron chi connectivity index (χ0n) is 12.3. The Bertz CT molecular complexity index is 517. The highest BCUT2D eigenvalue weighted by Gasteiger charge is 2.42. The molecule has 2 aliphatic heterocycles. The molecular weight excluding hydrogens is 270 g/mol. The van der Waals surface area contributed by atoms with Crippen LogP contribution in [0.15, 0.2) is 18.2 Å². The van der Waals surface area contributed by atoms with Crippen molar-refractivity contribution in [2.75, 3.05) is 25.6 Å². The van der Waals surface area contributed by atoms with Gasteiger partial charge in [0.25, 0.3) is 0 Å². The fourth-order valence-electron chi connectivity index (χ4n) is 3.13. The van der Waals surface area contributed by atoms with E-state index in [-0.39, 0.29) is 17.7 Å². The highest BCUT2D eigenvalue weighted by atomic mass is 16.6. The molecule has 5 heteroatoms. The molecule has 2 unspecified atom stereocenters. The standard InChI is InChI=1S/C16H21NO4/c1-11-3-2-4-13(17)14(11)15(18)21-12-5-7-20-16(9-12)6-8-19-10-16/h2-4,12H,5-10,17H2,1H3. The summed E-state index contributed by atoms with van der Waals surface area (Å²) in [6, 6.07) is 5.42. The molecule has 0 aromatic heterocycles. The Morgan fingerprint density at radius 2 is 2.29 bits per heavy atom. The van der Waals surface area contributed by atoms with Gasteiger partial charge in [-0.2, -0.15) is 0 Å². The Labute approximate surface area is 124 Å². The summed E-state index contributed by atoms with van der Waals surface area (Å²) in [4.78, 5) is 12.4. The zero-order chi connectivity index (χ0) is 14.9. The Balaban J connectivity index is 1.70. The number of rotatable bonds is 2. The molecule has 2 N–H and O–H groups in total. The van der Waals surface area contributed by atoms with Crippen LogP contribution in [0.1, 0.15) is 35.2 Å². The Kier molecular flexibility index (Phi) is 3.87. The summed E-state index contributed by atoms with van der Waals surface area (Å²) in [6.45, 7) is 3.77. The second-order valence-electron chi connectivity index (χ2n) is 5.89. The summed E-state index contributed by atoms with van der Waals surface area (Å²) < 4.78 is 17.0. The largest absolute Gasteiger partial charge is 0.459 e. The molecule has 0 radical (unpaired) electrons. The van der Waals surface area contributed by atoms with E-state index in [1.165, 1.54) is 0 Å². The molecule has 0 saturated carbocycles.